The molecule has 0 aliphatic carbocycles. The Morgan fingerprint density at radius 3 is 2.48 bits per heavy atom. The molecule has 1 unspecified atom stereocenters. The zero-order valence-electron chi connectivity index (χ0n) is 12.2. The minimum absolute atomic E-state index is 0.185. The molecule has 21 heavy (non-hydrogen) atoms. The fourth-order valence-corrected chi connectivity index (χ4v) is 1.99. The average Bonchev–Trinajstić information content (AvgIpc) is 2.46. The molecule has 1 aromatic carbocycles. The Balaban J connectivity index is 2.39. The molecule has 0 saturated heterocycles. The lowest BCUT2D eigenvalue weighted by molar-refractivity contribution is -0.524. The smallest absolute Gasteiger partial charge is 0.335 e. The lowest BCUT2D eigenvalue weighted by Gasteiger charge is -2.10. The van der Waals surface area contributed by atoms with Crippen molar-refractivity contribution in [2.45, 2.75) is 45.1 Å². The van der Waals surface area contributed by atoms with Gasteiger partial charge >= 0.3 is 5.97 Å². The highest BCUT2D eigenvalue weighted by Crippen LogP contribution is 2.14. The fraction of sp³-hybridized carbons (Fsp3) is 0.533. The van der Waals surface area contributed by atoms with Crippen molar-refractivity contribution in [3.63, 3.8) is 0 Å². The second-order valence-electron chi connectivity index (χ2n) is 4.90. The predicted molar refractivity (Wildman–Crippen MR) is 78.4 cm³/mol. The summed E-state index contributed by atoms with van der Waals surface area (Å²) in [4.78, 5) is 21.4. The Kier molecular flexibility index (Phi) is 7.21. The summed E-state index contributed by atoms with van der Waals surface area (Å²) >= 11 is 0. The van der Waals surface area contributed by atoms with Crippen molar-refractivity contribution in [1.29, 1.82) is 0 Å². The number of benzene rings is 1. The first-order valence-electron chi connectivity index (χ1n) is 7.14. The third-order valence-corrected chi connectivity index (χ3v) is 3.26. The number of aromatic carboxylic acids is 1. The van der Waals surface area contributed by atoms with Crippen LogP contribution in [0.4, 0.5) is 0 Å². The number of unbranched alkanes of at least 4 members (excludes halogenated alkanes) is 2. The number of carboxylic acids is 1. The van der Waals surface area contributed by atoms with Crippen molar-refractivity contribution in [3.05, 3.63) is 39.9 Å². The number of carbonyl (C=O) groups is 1. The van der Waals surface area contributed by atoms with Gasteiger partial charge in [-0.1, -0.05) is 19.8 Å². The van der Waals surface area contributed by atoms with E-state index in [1.807, 2.05) is 0 Å². The Hall–Kier alpha value is -2.11. The van der Waals surface area contributed by atoms with Crippen molar-refractivity contribution >= 4 is 5.97 Å². The molecule has 0 spiro atoms. The monoisotopic (exact) mass is 295 g/mol. The number of rotatable bonds is 10. The summed E-state index contributed by atoms with van der Waals surface area (Å²) < 4.78 is 5.43. The van der Waals surface area contributed by atoms with Gasteiger partial charge in [0.05, 0.1) is 12.2 Å². The minimum atomic E-state index is -0.995. The summed E-state index contributed by atoms with van der Waals surface area (Å²) in [6, 6.07) is 5.44. The van der Waals surface area contributed by atoms with Crippen LogP contribution in [-0.4, -0.2) is 28.6 Å². The number of nitrogens with zero attached hydrogens (tertiary/aromatic N) is 1. The van der Waals surface area contributed by atoms with E-state index in [0.717, 1.165) is 19.3 Å². The molecule has 0 radical (unpaired) electrons. The summed E-state index contributed by atoms with van der Waals surface area (Å²) in [6.45, 7) is 2.31. The highest BCUT2D eigenvalue weighted by atomic mass is 16.6. The van der Waals surface area contributed by atoms with Crippen LogP contribution in [0.15, 0.2) is 24.3 Å². The quantitative estimate of drug-likeness (QED) is 0.406. The van der Waals surface area contributed by atoms with Crippen LogP contribution < -0.4 is 4.74 Å². The molecule has 0 aliphatic rings. The predicted octanol–water partition coefficient (Wildman–Crippen LogP) is 3.38. The van der Waals surface area contributed by atoms with Crippen LogP contribution in [0, 0.1) is 10.1 Å². The molecular weight excluding hydrogens is 274 g/mol. The molecule has 1 N–H and O–H groups in total. The Morgan fingerprint density at radius 2 is 1.95 bits per heavy atom. The zero-order valence-corrected chi connectivity index (χ0v) is 12.2. The summed E-state index contributed by atoms with van der Waals surface area (Å²) in [5.41, 5.74) is 0.185. The lowest BCUT2D eigenvalue weighted by atomic mass is 10.1. The van der Waals surface area contributed by atoms with Crippen LogP contribution >= 0.6 is 0 Å². The molecule has 0 fully saturated rings. The summed E-state index contributed by atoms with van der Waals surface area (Å²) in [5.74, 6) is -0.471. The van der Waals surface area contributed by atoms with Gasteiger partial charge in [0.1, 0.15) is 5.75 Å². The summed E-state index contributed by atoms with van der Waals surface area (Å²) in [6.07, 6.45) is 3.83. The van der Waals surface area contributed by atoms with E-state index in [4.69, 9.17) is 9.84 Å². The molecule has 6 heteroatoms. The van der Waals surface area contributed by atoms with Crippen LogP contribution in [-0.2, 0) is 0 Å². The topological polar surface area (TPSA) is 89.7 Å². The van der Waals surface area contributed by atoms with Gasteiger partial charge in [-0.2, -0.15) is 0 Å². The van der Waals surface area contributed by atoms with E-state index < -0.39 is 12.0 Å². The molecule has 1 aromatic rings. The van der Waals surface area contributed by atoms with Gasteiger partial charge in [0.25, 0.3) is 0 Å². The number of nitro groups is 1. The molecule has 1 rings (SSSR count). The fourth-order valence-electron chi connectivity index (χ4n) is 1.99. The van der Waals surface area contributed by atoms with Gasteiger partial charge in [-0.3, -0.25) is 10.1 Å². The van der Waals surface area contributed by atoms with Crippen molar-refractivity contribution in [3.8, 4) is 5.75 Å². The summed E-state index contributed by atoms with van der Waals surface area (Å²) in [7, 11) is 0. The largest absolute Gasteiger partial charge is 0.493 e. The first-order valence-corrected chi connectivity index (χ1v) is 7.14. The maximum atomic E-state index is 10.9. The molecule has 0 bridgehead atoms. The Morgan fingerprint density at radius 1 is 1.29 bits per heavy atom. The first-order chi connectivity index (χ1) is 10.0. The van der Waals surface area contributed by atoms with E-state index >= 15 is 0 Å². The van der Waals surface area contributed by atoms with E-state index in [-0.39, 0.29) is 17.1 Å². The number of carboxylic acid groups (broad SMARTS) is 1. The summed E-state index contributed by atoms with van der Waals surface area (Å²) in [5, 5.41) is 19.7. The second kappa shape index (κ2) is 8.94. The average molecular weight is 295 g/mol. The highest BCUT2D eigenvalue weighted by Gasteiger charge is 2.19. The van der Waals surface area contributed by atoms with Crippen molar-refractivity contribution in [1.82, 2.24) is 0 Å². The molecule has 1 atom stereocenters. The van der Waals surface area contributed by atoms with Crippen LogP contribution in [0.3, 0.4) is 0 Å². The minimum Gasteiger partial charge on any atom is -0.493 e. The van der Waals surface area contributed by atoms with Gasteiger partial charge in [0.15, 0.2) is 0 Å². The van der Waals surface area contributed by atoms with Gasteiger partial charge in [0, 0.05) is 17.8 Å². The zero-order chi connectivity index (χ0) is 15.7. The molecule has 116 valence electrons. The van der Waals surface area contributed by atoms with E-state index in [0.29, 0.717) is 18.6 Å². The maximum Gasteiger partial charge on any atom is 0.335 e. The van der Waals surface area contributed by atoms with Gasteiger partial charge in [0.2, 0.25) is 6.04 Å². The molecule has 0 heterocycles. The molecule has 0 aliphatic heterocycles. The van der Waals surface area contributed by atoms with Crippen molar-refractivity contribution < 1.29 is 19.6 Å². The van der Waals surface area contributed by atoms with E-state index in [9.17, 15) is 14.9 Å². The maximum absolute atomic E-state index is 10.9. The van der Waals surface area contributed by atoms with Crippen molar-refractivity contribution in [2.24, 2.45) is 0 Å². The van der Waals surface area contributed by atoms with E-state index in [1.165, 1.54) is 12.1 Å². The molecule has 0 aromatic heterocycles. The Bertz CT molecular complexity index is 458. The Labute approximate surface area is 123 Å². The molecule has 6 nitrogen and oxygen atoms in total. The van der Waals surface area contributed by atoms with Gasteiger partial charge < -0.3 is 9.84 Å². The van der Waals surface area contributed by atoms with E-state index in [1.54, 1.807) is 12.1 Å². The third kappa shape index (κ3) is 6.25. The van der Waals surface area contributed by atoms with Gasteiger partial charge in [-0.25, -0.2) is 4.79 Å². The normalized spacial score (nSPS) is 11.9. The molecule has 0 saturated carbocycles. The SMILES string of the molecule is CCCCCC(CCOc1ccc(C(=O)O)cc1)[N+](=O)[O-]. The molecule has 0 amide bonds. The standard InChI is InChI=1S/C15H21NO5/c1-2-3-4-5-13(16(19)20)10-11-21-14-8-6-12(7-9-14)15(17)18/h6-9,13H,2-5,10-11H2,1H3,(H,17,18). The van der Waals surface area contributed by atoms with Gasteiger partial charge in [-0.15, -0.1) is 0 Å². The van der Waals surface area contributed by atoms with Crippen LogP contribution in [0.5, 0.6) is 5.75 Å². The van der Waals surface area contributed by atoms with Crippen LogP contribution in [0.1, 0.15) is 49.4 Å². The van der Waals surface area contributed by atoms with E-state index in [2.05, 4.69) is 6.92 Å². The lowest BCUT2D eigenvalue weighted by Crippen LogP contribution is -2.22. The molecular formula is C15H21NO5. The second-order valence-corrected chi connectivity index (χ2v) is 4.90. The third-order valence-electron chi connectivity index (χ3n) is 3.26. The van der Waals surface area contributed by atoms with Crippen molar-refractivity contribution in [2.75, 3.05) is 6.61 Å². The number of hydrogen-bond acceptors (Lipinski definition) is 4. The van der Waals surface area contributed by atoms with Crippen LogP contribution in [0.2, 0.25) is 0 Å². The first kappa shape index (κ1) is 16.9. The number of ether oxygens (including phenoxy) is 1. The van der Waals surface area contributed by atoms with Crippen LogP contribution in [0.25, 0.3) is 0 Å². The highest BCUT2D eigenvalue weighted by molar-refractivity contribution is 5.87. The number of hydrogen-bond donors (Lipinski definition) is 1. The van der Waals surface area contributed by atoms with Gasteiger partial charge in [-0.05, 0) is 30.7 Å².